The van der Waals surface area contributed by atoms with E-state index in [0.29, 0.717) is 11.5 Å². The molecule has 8 heteroatoms. The summed E-state index contributed by atoms with van der Waals surface area (Å²) in [5.41, 5.74) is -0.0797. The van der Waals surface area contributed by atoms with Crippen molar-refractivity contribution in [1.82, 2.24) is 0 Å². The molecule has 8 nitrogen and oxygen atoms in total. The molecule has 0 aromatic heterocycles. The number of rotatable bonds is 9. The number of hydrogen-bond acceptors (Lipinski definition) is 6. The fourth-order valence-electron chi connectivity index (χ4n) is 2.68. The lowest BCUT2D eigenvalue weighted by molar-refractivity contribution is -0.149. The molecule has 0 bridgehead atoms. The van der Waals surface area contributed by atoms with Crippen LogP contribution >= 0.6 is 0 Å². The van der Waals surface area contributed by atoms with Crippen molar-refractivity contribution in [3.63, 3.8) is 0 Å². The maximum Gasteiger partial charge on any atom is 0.315 e. The Kier molecular flexibility index (Phi) is 6.49. The molecule has 0 unspecified atom stereocenters. The topological polar surface area (TPSA) is 127 Å². The maximum atomic E-state index is 12.7. The molecule has 0 aliphatic heterocycles. The summed E-state index contributed by atoms with van der Waals surface area (Å²) >= 11 is 0. The van der Waals surface area contributed by atoms with Crippen LogP contribution in [-0.4, -0.2) is 47.9 Å². The maximum absolute atomic E-state index is 12.7. The van der Waals surface area contributed by atoms with Crippen molar-refractivity contribution in [3.8, 4) is 11.5 Å². The van der Waals surface area contributed by atoms with E-state index in [9.17, 15) is 29.4 Å². The summed E-state index contributed by atoms with van der Waals surface area (Å²) in [6.45, 7) is 0. The molecule has 0 aliphatic rings. The summed E-state index contributed by atoms with van der Waals surface area (Å²) in [5, 5.41) is 19.0. The van der Waals surface area contributed by atoms with Gasteiger partial charge in [0.1, 0.15) is 23.3 Å². The number of ether oxygens (including phenoxy) is 2. The van der Waals surface area contributed by atoms with E-state index in [0.717, 1.165) is 0 Å². The van der Waals surface area contributed by atoms with Crippen LogP contribution < -0.4 is 9.47 Å². The lowest BCUT2D eigenvalue weighted by Gasteiger charge is -2.19. The Morgan fingerprint density at radius 2 is 0.929 bits per heavy atom. The summed E-state index contributed by atoms with van der Waals surface area (Å²) in [6, 6.07) is 11.0. The largest absolute Gasteiger partial charge is 0.497 e. The summed E-state index contributed by atoms with van der Waals surface area (Å²) in [4.78, 5) is 48.9. The van der Waals surface area contributed by atoms with Gasteiger partial charge in [0.05, 0.1) is 14.2 Å². The molecule has 2 N–H and O–H groups in total. The molecule has 0 radical (unpaired) electrons. The molecule has 2 atom stereocenters. The van der Waals surface area contributed by atoms with E-state index in [-0.39, 0.29) is 11.1 Å². The zero-order chi connectivity index (χ0) is 20.8. The number of ketones is 2. The van der Waals surface area contributed by atoms with Gasteiger partial charge in [0.15, 0.2) is 11.6 Å². The monoisotopic (exact) mass is 386 g/mol. The van der Waals surface area contributed by atoms with Crippen molar-refractivity contribution < 1.29 is 38.9 Å². The third kappa shape index (κ3) is 4.35. The lowest BCUT2D eigenvalue weighted by Crippen LogP contribution is -2.40. The number of methoxy groups -OCH3 is 2. The van der Waals surface area contributed by atoms with Crippen molar-refractivity contribution in [3.05, 3.63) is 59.7 Å². The summed E-state index contributed by atoms with van der Waals surface area (Å²) in [7, 11) is 2.84. The van der Waals surface area contributed by atoms with Crippen LogP contribution in [0.25, 0.3) is 0 Å². The zero-order valence-electron chi connectivity index (χ0n) is 15.1. The highest BCUT2D eigenvalue weighted by atomic mass is 16.5. The third-order valence-electron chi connectivity index (χ3n) is 4.18. The molecule has 28 heavy (non-hydrogen) atoms. The molecular weight excluding hydrogens is 368 g/mol. The Bertz CT molecular complexity index is 808. The quantitative estimate of drug-likeness (QED) is 0.496. The average molecular weight is 386 g/mol. The van der Waals surface area contributed by atoms with Gasteiger partial charge in [-0.25, -0.2) is 0 Å². The number of carbonyl (C=O) groups is 4. The molecule has 0 aliphatic carbocycles. The van der Waals surface area contributed by atoms with Gasteiger partial charge in [-0.15, -0.1) is 0 Å². The van der Waals surface area contributed by atoms with Crippen LogP contribution in [0.4, 0.5) is 0 Å². The number of Topliss-reactive ketones (excluding diaryl/α,β-unsaturated/α-hetero) is 2. The van der Waals surface area contributed by atoms with Crippen molar-refractivity contribution in [2.45, 2.75) is 0 Å². The van der Waals surface area contributed by atoms with Crippen LogP contribution in [0.1, 0.15) is 20.7 Å². The van der Waals surface area contributed by atoms with Crippen LogP contribution in [0.2, 0.25) is 0 Å². The Morgan fingerprint density at radius 3 is 1.14 bits per heavy atom. The Hall–Kier alpha value is -3.68. The minimum atomic E-state index is -2.08. The minimum absolute atomic E-state index is 0.0398. The fraction of sp³-hybridized carbons (Fsp3) is 0.200. The summed E-state index contributed by atoms with van der Waals surface area (Å²) in [5.74, 6) is -8.65. The van der Waals surface area contributed by atoms with Crippen molar-refractivity contribution in [2.75, 3.05) is 14.2 Å². The van der Waals surface area contributed by atoms with E-state index in [2.05, 4.69) is 0 Å². The molecule has 0 heterocycles. The van der Waals surface area contributed by atoms with Crippen molar-refractivity contribution in [1.29, 1.82) is 0 Å². The van der Waals surface area contributed by atoms with Gasteiger partial charge in [-0.3, -0.25) is 19.2 Å². The van der Waals surface area contributed by atoms with Crippen LogP contribution in [0, 0.1) is 11.8 Å². The molecule has 0 saturated carbocycles. The normalized spacial score (nSPS) is 12.5. The van der Waals surface area contributed by atoms with Crippen molar-refractivity contribution in [2.24, 2.45) is 11.8 Å². The van der Waals surface area contributed by atoms with E-state index >= 15 is 0 Å². The van der Waals surface area contributed by atoms with Crippen LogP contribution in [-0.2, 0) is 9.59 Å². The van der Waals surface area contributed by atoms with Gasteiger partial charge in [-0.2, -0.15) is 0 Å². The number of carboxylic acids is 2. The first-order valence-electron chi connectivity index (χ1n) is 8.12. The second kappa shape index (κ2) is 8.81. The van der Waals surface area contributed by atoms with E-state index < -0.39 is 35.3 Å². The molecule has 146 valence electrons. The van der Waals surface area contributed by atoms with Gasteiger partial charge in [0.25, 0.3) is 0 Å². The smallest absolute Gasteiger partial charge is 0.315 e. The Labute approximate surface area is 160 Å². The summed E-state index contributed by atoms with van der Waals surface area (Å²) < 4.78 is 9.94. The molecule has 0 fully saturated rings. The predicted molar refractivity (Wildman–Crippen MR) is 96.9 cm³/mol. The molecule has 2 aromatic rings. The van der Waals surface area contributed by atoms with Gasteiger partial charge >= 0.3 is 11.9 Å². The molecule has 2 rings (SSSR count). The molecule has 0 spiro atoms. The van der Waals surface area contributed by atoms with E-state index in [4.69, 9.17) is 9.47 Å². The predicted octanol–water partition coefficient (Wildman–Crippen LogP) is 2.17. The first kappa shape index (κ1) is 20.6. The zero-order valence-corrected chi connectivity index (χ0v) is 15.1. The first-order valence-corrected chi connectivity index (χ1v) is 8.12. The van der Waals surface area contributed by atoms with Gasteiger partial charge in [-0.1, -0.05) is 0 Å². The van der Waals surface area contributed by atoms with Crippen molar-refractivity contribution >= 4 is 23.5 Å². The van der Waals surface area contributed by atoms with Gasteiger partial charge < -0.3 is 19.7 Å². The standard InChI is InChI=1S/C20H18O8/c1-27-13-7-3-11(4-8-13)17(21)15(19(23)24)16(20(25)26)18(22)12-5-9-14(28-2)10-6-12/h3-10,15-16H,1-2H3,(H,23,24)(H,25,26)/t15-,16-/m1/s1. The highest BCUT2D eigenvalue weighted by Crippen LogP contribution is 2.25. The SMILES string of the molecule is COc1ccc(C(=O)[C@H](C(=O)O)[C@@H](C(=O)O)C(=O)c2ccc(OC)cc2)cc1. The van der Waals surface area contributed by atoms with Crippen LogP contribution in [0.15, 0.2) is 48.5 Å². The van der Waals surface area contributed by atoms with Crippen LogP contribution in [0.5, 0.6) is 11.5 Å². The number of carbonyl (C=O) groups excluding carboxylic acids is 2. The number of aliphatic carboxylic acids is 2. The highest BCUT2D eigenvalue weighted by molar-refractivity contribution is 6.18. The molecule has 0 saturated heterocycles. The van der Waals surface area contributed by atoms with E-state index in [1.807, 2.05) is 0 Å². The van der Waals surface area contributed by atoms with Crippen LogP contribution in [0.3, 0.4) is 0 Å². The number of carboxylic acid groups (broad SMARTS) is 2. The second-order valence-electron chi connectivity index (χ2n) is 5.82. The van der Waals surface area contributed by atoms with E-state index in [1.165, 1.54) is 62.8 Å². The molecular formula is C20H18O8. The average Bonchev–Trinajstić information content (AvgIpc) is 2.70. The fourth-order valence-corrected chi connectivity index (χ4v) is 2.68. The Morgan fingerprint density at radius 1 is 0.643 bits per heavy atom. The summed E-state index contributed by atoms with van der Waals surface area (Å²) in [6.07, 6.45) is 0. The van der Waals surface area contributed by atoms with Gasteiger partial charge in [0, 0.05) is 11.1 Å². The minimum Gasteiger partial charge on any atom is -0.497 e. The van der Waals surface area contributed by atoms with E-state index in [1.54, 1.807) is 0 Å². The van der Waals surface area contributed by atoms with Gasteiger partial charge in [-0.05, 0) is 48.5 Å². The van der Waals surface area contributed by atoms with Gasteiger partial charge in [0.2, 0.25) is 0 Å². The second-order valence-corrected chi connectivity index (χ2v) is 5.82. The number of hydrogen-bond donors (Lipinski definition) is 2. The highest BCUT2D eigenvalue weighted by Gasteiger charge is 2.44. The molecule has 0 amide bonds. The lowest BCUT2D eigenvalue weighted by atomic mass is 9.81. The first-order chi connectivity index (χ1) is 13.3. The number of benzene rings is 2. The third-order valence-corrected chi connectivity index (χ3v) is 4.18. The molecule has 2 aromatic carbocycles. The Balaban J connectivity index is 2.42.